The average molecular weight is 452 g/mol. The first-order chi connectivity index (χ1) is 13.6. The SMILES string of the molecule is CS(=O)(=O)C1=Nc2cc(Cl)c(-c3cccc(S(N)(=O)=O)c3C3=NCN=N3)cc2C1. The third kappa shape index (κ3) is 3.62. The fourth-order valence-electron chi connectivity index (χ4n) is 3.19. The van der Waals surface area contributed by atoms with E-state index in [1.165, 1.54) is 12.1 Å². The Hall–Kier alpha value is -2.47. The molecule has 2 aromatic rings. The number of sulfonamides is 1. The lowest BCUT2D eigenvalue weighted by Crippen LogP contribution is -2.17. The van der Waals surface area contributed by atoms with Crippen molar-refractivity contribution in [3.05, 3.63) is 46.5 Å². The number of benzene rings is 2. The van der Waals surface area contributed by atoms with Gasteiger partial charge in [-0.25, -0.2) is 32.0 Å². The minimum absolute atomic E-state index is 0.0493. The fourth-order valence-corrected chi connectivity index (χ4v) is 4.89. The Morgan fingerprint density at radius 1 is 1.10 bits per heavy atom. The summed E-state index contributed by atoms with van der Waals surface area (Å²) in [6.45, 7) is 0.0806. The number of rotatable bonds is 3. The lowest BCUT2D eigenvalue weighted by atomic mass is 9.96. The van der Waals surface area contributed by atoms with E-state index in [-0.39, 0.29) is 39.5 Å². The first-order valence-corrected chi connectivity index (χ1v) is 12.1. The number of primary sulfonamides is 1. The zero-order valence-electron chi connectivity index (χ0n) is 15.0. The molecule has 2 aromatic carbocycles. The van der Waals surface area contributed by atoms with Crippen molar-refractivity contribution in [3.63, 3.8) is 0 Å². The Kier molecular flexibility index (Phi) is 4.65. The van der Waals surface area contributed by atoms with Crippen LogP contribution in [0.3, 0.4) is 0 Å². The van der Waals surface area contributed by atoms with Crippen LogP contribution in [0.1, 0.15) is 11.1 Å². The smallest absolute Gasteiger partial charge is 0.238 e. The molecule has 0 saturated heterocycles. The summed E-state index contributed by atoms with van der Waals surface area (Å²) in [5.74, 6) is 0.134. The van der Waals surface area contributed by atoms with Crippen LogP contribution in [-0.2, 0) is 26.3 Å². The Morgan fingerprint density at radius 3 is 2.48 bits per heavy atom. The maximum absolute atomic E-state index is 12.2. The van der Waals surface area contributed by atoms with Crippen LogP contribution in [0.25, 0.3) is 11.1 Å². The first kappa shape index (κ1) is 19.8. The van der Waals surface area contributed by atoms with Crippen LogP contribution in [0.2, 0.25) is 5.02 Å². The van der Waals surface area contributed by atoms with Crippen molar-refractivity contribution in [1.29, 1.82) is 0 Å². The lowest BCUT2D eigenvalue weighted by molar-refractivity contribution is 0.597. The molecule has 0 radical (unpaired) electrons. The molecule has 0 aromatic heterocycles. The second-order valence-corrected chi connectivity index (χ2v) is 10.5. The first-order valence-electron chi connectivity index (χ1n) is 8.24. The normalized spacial score (nSPS) is 16.0. The largest absolute Gasteiger partial charge is 0.241 e. The van der Waals surface area contributed by atoms with Crippen molar-refractivity contribution >= 4 is 48.0 Å². The van der Waals surface area contributed by atoms with Gasteiger partial charge in [0.25, 0.3) is 0 Å². The number of amidine groups is 1. The number of halogens is 1. The molecule has 2 aliphatic rings. The predicted octanol–water partition coefficient (Wildman–Crippen LogP) is 2.46. The quantitative estimate of drug-likeness (QED) is 0.763. The van der Waals surface area contributed by atoms with Crippen LogP contribution in [0.4, 0.5) is 5.69 Å². The van der Waals surface area contributed by atoms with Gasteiger partial charge in [0.1, 0.15) is 5.04 Å². The molecule has 0 spiro atoms. The van der Waals surface area contributed by atoms with Crippen LogP contribution in [0, 0.1) is 0 Å². The maximum atomic E-state index is 12.2. The molecule has 0 atom stereocenters. The fraction of sp³-hybridized carbons (Fsp3) is 0.176. The van der Waals surface area contributed by atoms with Crippen molar-refractivity contribution in [2.45, 2.75) is 11.3 Å². The van der Waals surface area contributed by atoms with Gasteiger partial charge in [-0.1, -0.05) is 23.7 Å². The molecule has 2 heterocycles. The third-order valence-corrected chi connectivity index (χ3v) is 6.84. The second-order valence-electron chi connectivity index (χ2n) is 6.50. The molecule has 0 unspecified atom stereocenters. The Morgan fingerprint density at radius 2 is 1.86 bits per heavy atom. The van der Waals surface area contributed by atoms with E-state index in [4.69, 9.17) is 16.7 Å². The highest BCUT2D eigenvalue weighted by Gasteiger charge is 2.27. The van der Waals surface area contributed by atoms with Gasteiger partial charge >= 0.3 is 0 Å². The molecular formula is C17H14ClN5O4S2. The van der Waals surface area contributed by atoms with Crippen molar-refractivity contribution in [2.75, 3.05) is 12.9 Å². The number of fused-ring (bicyclic) bond motifs is 1. The van der Waals surface area contributed by atoms with E-state index in [0.717, 1.165) is 6.26 Å². The van der Waals surface area contributed by atoms with E-state index in [2.05, 4.69) is 20.2 Å². The Labute approximate surface area is 172 Å². The van der Waals surface area contributed by atoms with Crippen LogP contribution >= 0.6 is 11.6 Å². The molecule has 0 fully saturated rings. The molecule has 0 aliphatic carbocycles. The van der Waals surface area contributed by atoms with Gasteiger partial charge in [-0.15, -0.1) is 5.11 Å². The Bertz CT molecular complexity index is 1360. The number of nitrogens with zero attached hydrogens (tertiary/aromatic N) is 4. The lowest BCUT2D eigenvalue weighted by Gasteiger charge is -2.14. The van der Waals surface area contributed by atoms with Crippen molar-refractivity contribution in [1.82, 2.24) is 0 Å². The number of nitrogens with two attached hydrogens (primary N) is 1. The third-order valence-electron chi connectivity index (χ3n) is 4.48. The Balaban J connectivity index is 1.94. The molecular weight excluding hydrogens is 438 g/mol. The van der Waals surface area contributed by atoms with Gasteiger partial charge in [0.15, 0.2) is 22.3 Å². The summed E-state index contributed by atoms with van der Waals surface area (Å²) in [5.41, 5.74) is 2.24. The monoisotopic (exact) mass is 451 g/mol. The summed E-state index contributed by atoms with van der Waals surface area (Å²) in [6.07, 6.45) is 1.22. The number of hydrogen-bond acceptors (Lipinski definition) is 8. The van der Waals surface area contributed by atoms with Crippen LogP contribution in [0.15, 0.2) is 55.4 Å². The minimum atomic E-state index is -4.08. The molecule has 4 rings (SSSR count). The highest BCUT2D eigenvalue weighted by molar-refractivity contribution is 8.05. The summed E-state index contributed by atoms with van der Waals surface area (Å²) < 4.78 is 48.0. The van der Waals surface area contributed by atoms with Gasteiger partial charge in [0.2, 0.25) is 10.0 Å². The summed E-state index contributed by atoms with van der Waals surface area (Å²) >= 11 is 6.46. The predicted molar refractivity (Wildman–Crippen MR) is 110 cm³/mol. The van der Waals surface area contributed by atoms with E-state index < -0.39 is 19.9 Å². The summed E-state index contributed by atoms with van der Waals surface area (Å²) in [6, 6.07) is 7.80. The molecule has 0 amide bonds. The highest BCUT2D eigenvalue weighted by atomic mass is 35.5. The van der Waals surface area contributed by atoms with Crippen molar-refractivity contribution in [2.24, 2.45) is 25.4 Å². The van der Waals surface area contributed by atoms with Gasteiger partial charge in [-0.05, 0) is 29.3 Å². The zero-order chi connectivity index (χ0) is 21.0. The molecule has 0 bridgehead atoms. The molecule has 0 saturated carbocycles. The van der Waals surface area contributed by atoms with Gasteiger partial charge in [0, 0.05) is 23.8 Å². The van der Waals surface area contributed by atoms with E-state index >= 15 is 0 Å². The molecule has 150 valence electrons. The van der Waals surface area contributed by atoms with E-state index in [0.29, 0.717) is 22.4 Å². The summed E-state index contributed by atoms with van der Waals surface area (Å²) in [7, 11) is -7.52. The van der Waals surface area contributed by atoms with Crippen LogP contribution < -0.4 is 5.14 Å². The standard InChI is InChI=1S/C17H14ClN5O4S2/c1-28(24,25)15-6-9-5-11(12(18)7-13(9)22-15)10-3-2-4-14(29(19,26)27)16(10)17-20-8-21-23-17/h2-5,7H,6,8H2,1H3,(H2,19,26,27). The molecule has 2 aliphatic heterocycles. The zero-order valence-corrected chi connectivity index (χ0v) is 17.4. The maximum Gasteiger partial charge on any atom is 0.238 e. The summed E-state index contributed by atoms with van der Waals surface area (Å²) in [4.78, 5) is 8.12. The van der Waals surface area contributed by atoms with E-state index in [1.54, 1.807) is 18.2 Å². The molecule has 29 heavy (non-hydrogen) atoms. The number of aliphatic imine (C=N–C) groups is 2. The number of hydrogen-bond donors (Lipinski definition) is 1. The average Bonchev–Trinajstić information content (AvgIpc) is 3.28. The topological polar surface area (TPSA) is 144 Å². The highest BCUT2D eigenvalue weighted by Crippen LogP contribution is 2.40. The molecule has 12 heteroatoms. The minimum Gasteiger partial charge on any atom is -0.241 e. The summed E-state index contributed by atoms with van der Waals surface area (Å²) in [5, 5.41) is 13.4. The number of sulfone groups is 1. The van der Waals surface area contributed by atoms with Gasteiger partial charge in [0.05, 0.1) is 15.6 Å². The van der Waals surface area contributed by atoms with Gasteiger partial charge in [-0.3, -0.25) is 0 Å². The van der Waals surface area contributed by atoms with Crippen LogP contribution in [-0.4, -0.2) is 40.6 Å². The van der Waals surface area contributed by atoms with Gasteiger partial charge in [-0.2, -0.15) is 5.11 Å². The number of azo groups is 1. The second kappa shape index (κ2) is 6.80. The molecule has 9 nitrogen and oxygen atoms in total. The van der Waals surface area contributed by atoms with Crippen LogP contribution in [0.5, 0.6) is 0 Å². The van der Waals surface area contributed by atoms with Gasteiger partial charge < -0.3 is 0 Å². The van der Waals surface area contributed by atoms with E-state index in [9.17, 15) is 16.8 Å². The van der Waals surface area contributed by atoms with Crippen molar-refractivity contribution < 1.29 is 16.8 Å². The van der Waals surface area contributed by atoms with Crippen molar-refractivity contribution in [3.8, 4) is 11.1 Å². The van der Waals surface area contributed by atoms with E-state index in [1.807, 2.05) is 0 Å². The molecule has 2 N–H and O–H groups in total.